The number of aliphatic hydroxyl groups is 3. The van der Waals surface area contributed by atoms with Crippen LogP contribution < -0.4 is 10.4 Å². The van der Waals surface area contributed by atoms with Crippen LogP contribution in [0.1, 0.15) is 11.1 Å². The third kappa shape index (κ3) is 6.61. The van der Waals surface area contributed by atoms with Gasteiger partial charge in [0.15, 0.2) is 5.88 Å². The Balaban J connectivity index is 1.16. The molecule has 1 aromatic heterocycles. The van der Waals surface area contributed by atoms with Crippen LogP contribution in [0.5, 0.6) is 5.88 Å². The number of piperazine rings is 1. The lowest BCUT2D eigenvalue weighted by Crippen LogP contribution is -2.61. The van der Waals surface area contributed by atoms with Crippen molar-refractivity contribution in [1.29, 1.82) is 0 Å². The number of hydrogen-bond acceptors (Lipinski definition) is 11. The second-order valence-corrected chi connectivity index (χ2v) is 12.9. The van der Waals surface area contributed by atoms with E-state index in [2.05, 4.69) is 21.8 Å². The zero-order valence-electron chi connectivity index (χ0n) is 27.4. The highest BCUT2D eigenvalue weighted by atomic mass is 16.7. The van der Waals surface area contributed by atoms with Gasteiger partial charge in [-0.1, -0.05) is 42.5 Å². The van der Waals surface area contributed by atoms with Crippen LogP contribution in [0.15, 0.2) is 77.8 Å². The maximum atomic E-state index is 13.0. The van der Waals surface area contributed by atoms with Crippen molar-refractivity contribution in [1.82, 2.24) is 14.8 Å². The Morgan fingerprint density at radius 3 is 2.51 bits per heavy atom. The molecular weight excluding hydrogens is 629 g/mol. The van der Waals surface area contributed by atoms with Gasteiger partial charge in [-0.2, -0.15) is 0 Å². The summed E-state index contributed by atoms with van der Waals surface area (Å²) < 4.78 is 17.2. The van der Waals surface area contributed by atoms with Crippen molar-refractivity contribution in [2.45, 2.75) is 24.1 Å². The number of nitrogens with zero attached hydrogens (tertiary/aromatic N) is 4. The zero-order valence-corrected chi connectivity index (χ0v) is 27.4. The number of aliphatic hydroxyl groups excluding tert-OH is 2. The Morgan fingerprint density at radius 2 is 1.80 bits per heavy atom. The number of rotatable bonds is 8. The van der Waals surface area contributed by atoms with Gasteiger partial charge in [-0.25, -0.2) is 4.99 Å². The van der Waals surface area contributed by atoms with Gasteiger partial charge in [0.1, 0.15) is 18.3 Å². The minimum absolute atomic E-state index is 0.0228. The van der Waals surface area contributed by atoms with E-state index in [4.69, 9.17) is 19.0 Å². The highest BCUT2D eigenvalue weighted by Crippen LogP contribution is 2.35. The van der Waals surface area contributed by atoms with E-state index < -0.39 is 37.8 Å². The first kappa shape index (κ1) is 33.4. The Kier molecular flexibility index (Phi) is 9.30. The van der Waals surface area contributed by atoms with Gasteiger partial charge in [0.25, 0.3) is 0 Å². The molecule has 0 aliphatic carbocycles. The van der Waals surface area contributed by atoms with Crippen molar-refractivity contribution >= 4 is 46.5 Å². The number of amides is 1. The van der Waals surface area contributed by atoms with Gasteiger partial charge in [0.2, 0.25) is 11.7 Å². The summed E-state index contributed by atoms with van der Waals surface area (Å²) in [7, 11) is 2.91. The number of H-pyrrole nitrogens is 1. The minimum Gasteiger partial charge on any atom is -0.494 e. The summed E-state index contributed by atoms with van der Waals surface area (Å²) in [5, 5.41) is 42.8. The average Bonchev–Trinajstić information content (AvgIpc) is 3.72. The van der Waals surface area contributed by atoms with Gasteiger partial charge in [0, 0.05) is 55.4 Å². The summed E-state index contributed by atoms with van der Waals surface area (Å²) in [4.78, 5) is 27.2. The molecule has 0 unspecified atom stereocenters. The van der Waals surface area contributed by atoms with E-state index in [-0.39, 0.29) is 18.4 Å². The molecule has 3 fully saturated rings. The van der Waals surface area contributed by atoms with Gasteiger partial charge in [0.05, 0.1) is 36.7 Å². The molecule has 256 valence electrons. The molecule has 0 radical (unpaired) electrons. The molecule has 5 N–H and O–H groups in total. The Labute approximate surface area is 284 Å². The minimum atomic E-state index is -2.00. The van der Waals surface area contributed by atoms with E-state index >= 15 is 0 Å². The topological polar surface area (TPSA) is 164 Å². The number of nitrogens with one attached hydrogen (secondary N) is 1. The van der Waals surface area contributed by atoms with Crippen molar-refractivity contribution in [3.05, 3.63) is 83.9 Å². The number of fused-ring (bicyclic) bond motifs is 2. The molecule has 0 spiro atoms. The van der Waals surface area contributed by atoms with Crippen LogP contribution in [0.4, 0.5) is 11.4 Å². The second kappa shape index (κ2) is 13.7. The molecule has 4 aromatic rings. The van der Waals surface area contributed by atoms with Gasteiger partial charge < -0.3 is 49.3 Å². The lowest BCUT2D eigenvalue weighted by atomic mass is 9.79. The third-order valence-corrected chi connectivity index (χ3v) is 9.57. The summed E-state index contributed by atoms with van der Waals surface area (Å²) in [6.45, 7) is 3.06. The smallest absolute Gasteiger partial charge is 0.494 e. The predicted octanol–water partition coefficient (Wildman–Crippen LogP) is 0.804. The van der Waals surface area contributed by atoms with Gasteiger partial charge >= 0.3 is 7.12 Å². The van der Waals surface area contributed by atoms with E-state index in [0.717, 1.165) is 37.4 Å². The monoisotopic (exact) mass is 669 g/mol. The molecule has 49 heavy (non-hydrogen) atoms. The van der Waals surface area contributed by atoms with Crippen LogP contribution in [0.3, 0.4) is 0 Å². The molecule has 0 saturated carbocycles. The van der Waals surface area contributed by atoms with Gasteiger partial charge in [-0.3, -0.25) is 9.69 Å². The highest BCUT2D eigenvalue weighted by Gasteiger charge is 2.57. The molecule has 3 aromatic carbocycles. The molecule has 7 rings (SSSR count). The van der Waals surface area contributed by atoms with Crippen LogP contribution >= 0.6 is 0 Å². The van der Waals surface area contributed by atoms with Crippen molar-refractivity contribution in [2.24, 2.45) is 4.99 Å². The van der Waals surface area contributed by atoms with E-state index in [9.17, 15) is 25.2 Å². The largest absolute Gasteiger partial charge is 0.494 e. The molecule has 3 aliphatic rings. The van der Waals surface area contributed by atoms with Crippen LogP contribution in [0.25, 0.3) is 10.9 Å². The summed E-state index contributed by atoms with van der Waals surface area (Å²) in [5.74, 6) is -2.06. The summed E-state index contributed by atoms with van der Waals surface area (Å²) in [6.07, 6.45) is -3.06. The number of hydrogen-bond donors (Lipinski definition) is 5. The van der Waals surface area contributed by atoms with Crippen LogP contribution in [-0.2, 0) is 18.8 Å². The average molecular weight is 670 g/mol. The van der Waals surface area contributed by atoms with E-state index in [1.54, 1.807) is 24.1 Å². The summed E-state index contributed by atoms with van der Waals surface area (Å²) >= 11 is 0. The number of carbonyl (C=O) groups excluding carboxylic acids is 1. The maximum Gasteiger partial charge on any atom is 0.494 e. The van der Waals surface area contributed by atoms with Crippen molar-refractivity contribution in [2.75, 3.05) is 64.9 Å². The molecular formula is C35H40BN5O8. The molecule has 3 aliphatic heterocycles. The Bertz CT molecular complexity index is 1830. The fraction of sp³-hybridized carbons (Fsp3) is 0.371. The van der Waals surface area contributed by atoms with Crippen molar-refractivity contribution < 1.29 is 39.3 Å². The molecule has 3 saturated heterocycles. The maximum absolute atomic E-state index is 13.0. The quantitative estimate of drug-likeness (QED) is 0.134. The number of carbonyl (C=O) groups is 1. The first-order valence-electron chi connectivity index (χ1n) is 16.4. The fourth-order valence-corrected chi connectivity index (χ4v) is 6.59. The number of likely N-dealkylation sites (N-methyl/N-ethyl adjacent to an activating group) is 2. The lowest BCUT2D eigenvalue weighted by molar-refractivity contribution is -0.309. The molecule has 4 atom stereocenters. The SMILES string of the molecule is CN1CCN(CC(=O)N(C)c2ccc(N=C(c3ccccc3)c3c(O)[nH]c4cc(B5O[C@@H]6[C@H](O)CO[C@](O)(CO)[C@H]6O5)ccc34)cc2)CC1. The Morgan fingerprint density at radius 1 is 1.06 bits per heavy atom. The number of benzene rings is 3. The van der Waals surface area contributed by atoms with Crippen LogP contribution in [-0.4, -0.2) is 138 Å². The van der Waals surface area contributed by atoms with E-state index in [1.807, 2.05) is 60.7 Å². The predicted molar refractivity (Wildman–Crippen MR) is 185 cm³/mol. The number of aromatic hydroxyl groups is 1. The van der Waals surface area contributed by atoms with Crippen LogP contribution in [0.2, 0.25) is 0 Å². The first-order chi connectivity index (χ1) is 23.6. The number of anilines is 1. The molecule has 0 bridgehead atoms. The molecule has 14 heteroatoms. The van der Waals surface area contributed by atoms with E-state index in [0.29, 0.717) is 39.9 Å². The lowest BCUT2D eigenvalue weighted by Gasteiger charge is -2.40. The normalized spacial score (nSPS) is 25.1. The van der Waals surface area contributed by atoms with Crippen LogP contribution in [0, 0.1) is 0 Å². The Hall–Kier alpha value is -4.12. The van der Waals surface area contributed by atoms with Crippen molar-refractivity contribution in [3.8, 4) is 5.88 Å². The van der Waals surface area contributed by atoms with E-state index in [1.165, 1.54) is 0 Å². The van der Waals surface area contributed by atoms with Crippen molar-refractivity contribution in [3.63, 3.8) is 0 Å². The number of aromatic amines is 1. The fourth-order valence-electron chi connectivity index (χ4n) is 6.59. The number of ether oxygens (including phenoxy) is 1. The highest BCUT2D eigenvalue weighted by molar-refractivity contribution is 6.62. The molecule has 1 amide bonds. The van der Waals surface area contributed by atoms with Gasteiger partial charge in [-0.15, -0.1) is 0 Å². The second-order valence-electron chi connectivity index (χ2n) is 12.9. The number of aromatic nitrogens is 1. The zero-order chi connectivity index (χ0) is 34.3. The summed E-state index contributed by atoms with van der Waals surface area (Å²) in [5.41, 5.74) is 4.38. The molecule has 13 nitrogen and oxygen atoms in total. The first-order valence-corrected chi connectivity index (χ1v) is 16.4. The standard InChI is InChI=1S/C35H40BN5O8/c1-39-14-16-41(17-15-39)19-29(44)40(2)25-11-9-24(10-12-25)37-31(22-6-4-3-5-7-22)30-26-13-8-23(18-27(26)38-34(30)45)36-48-32-28(43)20-47-35(46,21-42)33(32)49-36/h3-13,18,28,32-33,38,42-43,45-46H,14-17,19-21H2,1-2H3/t28-,32-,33+,35-/m1/s1. The molecule has 4 heterocycles. The summed E-state index contributed by atoms with van der Waals surface area (Å²) in [6, 6.07) is 22.3. The van der Waals surface area contributed by atoms with Gasteiger partial charge in [-0.05, 0) is 42.8 Å². The number of aliphatic imine (C=N–C) groups is 1. The third-order valence-electron chi connectivity index (χ3n) is 9.57.